The van der Waals surface area contributed by atoms with E-state index in [9.17, 15) is 40.3 Å². The molecule has 0 aliphatic rings. The van der Waals surface area contributed by atoms with Gasteiger partial charge >= 0.3 is 18.0 Å². The largest absolute Gasteiger partial charge is 0.460 e. The molecular formula is C14H7F7O3. The molecule has 0 radical (unpaired) electrons. The SMILES string of the molecule is O=C(CC(=O)C(F)(F)C(F)(F)C(F)(F)F)c1occ2ccccc12. The van der Waals surface area contributed by atoms with Gasteiger partial charge in [0.2, 0.25) is 11.6 Å². The molecule has 0 fully saturated rings. The number of benzene rings is 1. The molecule has 0 saturated heterocycles. The molecule has 24 heavy (non-hydrogen) atoms. The molecule has 10 heteroatoms. The number of ketones is 2. The third kappa shape index (κ3) is 2.76. The fourth-order valence-corrected chi connectivity index (χ4v) is 1.90. The first-order valence-corrected chi connectivity index (χ1v) is 6.24. The van der Waals surface area contributed by atoms with Crippen molar-refractivity contribution in [2.75, 3.05) is 0 Å². The Morgan fingerprint density at radius 1 is 0.958 bits per heavy atom. The van der Waals surface area contributed by atoms with Gasteiger partial charge in [-0.3, -0.25) is 9.59 Å². The number of alkyl halides is 7. The van der Waals surface area contributed by atoms with Crippen LogP contribution in [0.4, 0.5) is 30.7 Å². The maximum atomic E-state index is 13.2. The Kier molecular flexibility index (Phi) is 4.19. The number of carbonyl (C=O) groups is 2. The van der Waals surface area contributed by atoms with Gasteiger partial charge in [0.05, 0.1) is 12.7 Å². The minimum atomic E-state index is -6.65. The number of furan rings is 1. The second-order valence-corrected chi connectivity index (χ2v) is 4.82. The molecule has 0 atom stereocenters. The predicted molar refractivity (Wildman–Crippen MR) is 66.1 cm³/mol. The van der Waals surface area contributed by atoms with Crippen molar-refractivity contribution < 1.29 is 44.7 Å². The Morgan fingerprint density at radius 3 is 2.12 bits per heavy atom. The van der Waals surface area contributed by atoms with E-state index in [0.29, 0.717) is 5.39 Å². The molecule has 1 heterocycles. The summed E-state index contributed by atoms with van der Waals surface area (Å²) in [6, 6.07) is 5.81. The maximum Gasteiger partial charge on any atom is 0.460 e. The number of fused-ring (bicyclic) bond motifs is 1. The van der Waals surface area contributed by atoms with Gasteiger partial charge in [0.15, 0.2) is 5.76 Å². The number of halogens is 7. The number of carbonyl (C=O) groups excluding carboxylic acids is 2. The number of rotatable bonds is 5. The normalized spacial score (nSPS) is 13.3. The zero-order valence-electron chi connectivity index (χ0n) is 11.5. The summed E-state index contributed by atoms with van der Waals surface area (Å²) in [7, 11) is 0. The molecule has 0 saturated carbocycles. The minimum absolute atomic E-state index is 0.112. The third-order valence-electron chi connectivity index (χ3n) is 3.18. The van der Waals surface area contributed by atoms with E-state index in [1.165, 1.54) is 18.2 Å². The molecule has 3 nitrogen and oxygen atoms in total. The van der Waals surface area contributed by atoms with E-state index in [4.69, 9.17) is 4.42 Å². The zero-order valence-corrected chi connectivity index (χ0v) is 11.5. The first kappa shape index (κ1) is 18.0. The van der Waals surface area contributed by atoms with Crippen LogP contribution in [0.5, 0.6) is 0 Å². The molecule has 0 aliphatic carbocycles. The van der Waals surface area contributed by atoms with Gasteiger partial charge in [-0.05, 0) is 0 Å². The highest BCUT2D eigenvalue weighted by molar-refractivity contribution is 6.14. The second-order valence-electron chi connectivity index (χ2n) is 4.82. The Balaban J connectivity index is 2.27. The van der Waals surface area contributed by atoms with Gasteiger partial charge < -0.3 is 4.42 Å². The van der Waals surface area contributed by atoms with Gasteiger partial charge in [-0.1, -0.05) is 24.3 Å². The molecule has 0 spiro atoms. The van der Waals surface area contributed by atoms with Crippen molar-refractivity contribution in [2.45, 2.75) is 24.4 Å². The van der Waals surface area contributed by atoms with Crippen LogP contribution >= 0.6 is 0 Å². The summed E-state index contributed by atoms with van der Waals surface area (Å²) < 4.78 is 92.8. The molecule has 0 N–H and O–H groups in total. The van der Waals surface area contributed by atoms with Crippen molar-refractivity contribution in [1.82, 2.24) is 0 Å². The van der Waals surface area contributed by atoms with Crippen molar-refractivity contribution in [1.29, 1.82) is 0 Å². The van der Waals surface area contributed by atoms with E-state index in [1.807, 2.05) is 0 Å². The Hall–Kier alpha value is -2.39. The molecular weight excluding hydrogens is 349 g/mol. The molecule has 130 valence electrons. The standard InChI is InChI=1S/C14H7F7O3/c15-12(16,13(17,18)14(19,20)21)10(23)5-9(22)11-8-4-2-1-3-7(8)6-24-11/h1-4,6H,5H2. The highest BCUT2D eigenvalue weighted by atomic mass is 19.4. The third-order valence-corrected chi connectivity index (χ3v) is 3.18. The Morgan fingerprint density at radius 2 is 1.54 bits per heavy atom. The summed E-state index contributed by atoms with van der Waals surface area (Å²) in [6.07, 6.45) is -7.46. The number of Topliss-reactive ketones (excluding diaryl/α,β-unsaturated/α-hetero) is 2. The van der Waals surface area contributed by atoms with Crippen LogP contribution < -0.4 is 0 Å². The summed E-state index contributed by atoms with van der Waals surface area (Å²) in [5.41, 5.74) is 0. The van der Waals surface area contributed by atoms with Crippen molar-refractivity contribution in [3.8, 4) is 0 Å². The van der Waals surface area contributed by atoms with Crippen LogP contribution in [0.1, 0.15) is 17.0 Å². The molecule has 0 unspecified atom stereocenters. The first-order chi connectivity index (χ1) is 10.9. The van der Waals surface area contributed by atoms with Gasteiger partial charge in [0.1, 0.15) is 0 Å². The van der Waals surface area contributed by atoms with Crippen LogP contribution in [-0.4, -0.2) is 29.6 Å². The summed E-state index contributed by atoms with van der Waals surface area (Å²) in [5.74, 6) is -17.5. The van der Waals surface area contributed by atoms with Crippen LogP contribution in [0, 0.1) is 0 Å². The fourth-order valence-electron chi connectivity index (χ4n) is 1.90. The van der Waals surface area contributed by atoms with Crippen LogP contribution in [0.2, 0.25) is 0 Å². The van der Waals surface area contributed by atoms with Crippen LogP contribution in [0.25, 0.3) is 10.8 Å². The average molecular weight is 356 g/mol. The van der Waals surface area contributed by atoms with Crippen LogP contribution in [0.3, 0.4) is 0 Å². The smallest absolute Gasteiger partial charge is 0.460 e. The predicted octanol–water partition coefficient (Wildman–Crippen LogP) is 4.41. The first-order valence-electron chi connectivity index (χ1n) is 6.24. The van der Waals surface area contributed by atoms with Gasteiger partial charge in [0, 0.05) is 10.8 Å². The number of hydrogen-bond acceptors (Lipinski definition) is 3. The van der Waals surface area contributed by atoms with E-state index in [1.54, 1.807) is 6.07 Å². The van der Waals surface area contributed by atoms with Crippen LogP contribution in [-0.2, 0) is 4.79 Å². The van der Waals surface area contributed by atoms with Gasteiger partial charge in [-0.25, -0.2) is 0 Å². The molecule has 1 aromatic heterocycles. The quantitative estimate of drug-likeness (QED) is 0.453. The second kappa shape index (κ2) is 5.60. The fraction of sp³-hybridized carbons (Fsp3) is 0.286. The average Bonchev–Trinajstić information content (AvgIpc) is 2.89. The molecule has 0 amide bonds. The molecule has 0 aliphatic heterocycles. The van der Waals surface area contributed by atoms with Gasteiger partial charge in [-0.15, -0.1) is 0 Å². The van der Waals surface area contributed by atoms with E-state index in [2.05, 4.69) is 0 Å². The zero-order chi connectivity index (χ0) is 18.3. The molecule has 0 bridgehead atoms. The topological polar surface area (TPSA) is 47.3 Å². The number of hydrogen-bond donors (Lipinski definition) is 0. The van der Waals surface area contributed by atoms with E-state index in [0.717, 1.165) is 6.26 Å². The van der Waals surface area contributed by atoms with E-state index in [-0.39, 0.29) is 5.39 Å². The van der Waals surface area contributed by atoms with E-state index >= 15 is 0 Å². The van der Waals surface area contributed by atoms with Gasteiger partial charge in [0.25, 0.3) is 0 Å². The lowest BCUT2D eigenvalue weighted by Gasteiger charge is -2.26. The molecule has 2 aromatic rings. The summed E-state index contributed by atoms with van der Waals surface area (Å²) in [6.45, 7) is 0. The lowest BCUT2D eigenvalue weighted by atomic mass is 10.0. The Bertz CT molecular complexity index is 789. The molecule has 2 rings (SSSR count). The highest BCUT2D eigenvalue weighted by Gasteiger charge is 2.75. The summed E-state index contributed by atoms with van der Waals surface area (Å²) in [5, 5.41) is 0.474. The van der Waals surface area contributed by atoms with Crippen molar-refractivity contribution in [2.24, 2.45) is 0 Å². The molecule has 1 aromatic carbocycles. The minimum Gasteiger partial charge on any atom is -0.460 e. The van der Waals surface area contributed by atoms with Crippen LogP contribution in [0.15, 0.2) is 34.9 Å². The van der Waals surface area contributed by atoms with Gasteiger partial charge in [-0.2, -0.15) is 30.7 Å². The monoisotopic (exact) mass is 356 g/mol. The Labute approximate surface area is 129 Å². The summed E-state index contributed by atoms with van der Waals surface area (Å²) >= 11 is 0. The lowest BCUT2D eigenvalue weighted by Crippen LogP contribution is -2.56. The highest BCUT2D eigenvalue weighted by Crippen LogP contribution is 2.47. The van der Waals surface area contributed by atoms with Crippen molar-refractivity contribution >= 4 is 22.3 Å². The van der Waals surface area contributed by atoms with Crippen molar-refractivity contribution in [3.05, 3.63) is 36.3 Å². The maximum absolute atomic E-state index is 13.2. The van der Waals surface area contributed by atoms with Crippen molar-refractivity contribution in [3.63, 3.8) is 0 Å². The lowest BCUT2D eigenvalue weighted by molar-refractivity contribution is -0.343. The summed E-state index contributed by atoms with van der Waals surface area (Å²) in [4.78, 5) is 23.0. The van der Waals surface area contributed by atoms with E-state index < -0.39 is 41.8 Å².